The number of fused-ring (bicyclic) bond motifs is 5. The molecule has 0 atom stereocenters. The fourth-order valence-electron chi connectivity index (χ4n) is 7.22. The molecule has 0 fully saturated rings. The van der Waals surface area contributed by atoms with Crippen LogP contribution in [-0.2, 0) is 0 Å². The Bertz CT molecular complexity index is 2620. The lowest BCUT2D eigenvalue weighted by atomic mass is 9.84. The van der Waals surface area contributed by atoms with Crippen LogP contribution in [0.3, 0.4) is 0 Å². The molecule has 47 heavy (non-hydrogen) atoms. The molecule has 9 aromatic rings. The maximum absolute atomic E-state index is 11.6. The predicted octanol–water partition coefficient (Wildman–Crippen LogP) is 12.0. The number of furan rings is 1. The van der Waals surface area contributed by atoms with E-state index in [2.05, 4.69) is 84.9 Å². The topological polar surface area (TPSA) is 53.6 Å². The van der Waals surface area contributed by atoms with Gasteiger partial charge in [0.2, 0.25) is 0 Å². The summed E-state index contributed by atoms with van der Waals surface area (Å²) in [6.45, 7) is 0. The van der Waals surface area contributed by atoms with Crippen LogP contribution in [0, 0.1) is 0 Å². The lowest BCUT2D eigenvalue weighted by Gasteiger charge is -2.19. The van der Waals surface area contributed by atoms with Crippen molar-refractivity contribution in [1.82, 2.24) is 0 Å². The monoisotopic (exact) mass is 604 g/mol. The number of hydrogen-bond acceptors (Lipinski definition) is 3. The standard InChI is InChI=1S/C44H28O3/c45-36-25-26-37(46)43-41(33-16-8-7-15-32(33)39(42(36)43)30-13-5-2-6-14-30)34-18-10-20-38-40(34)35-19-9-17-31(44(35)47-38)29-23-21-28(22-24-29)27-11-3-1-4-12-27/h1-26,45-46H. The summed E-state index contributed by atoms with van der Waals surface area (Å²) in [6, 6.07) is 52.8. The maximum atomic E-state index is 11.6. The minimum atomic E-state index is 0.111. The zero-order chi connectivity index (χ0) is 31.5. The van der Waals surface area contributed by atoms with Crippen LogP contribution in [0.2, 0.25) is 0 Å². The lowest BCUT2D eigenvalue weighted by Crippen LogP contribution is -1.92. The second-order valence-electron chi connectivity index (χ2n) is 11.9. The molecule has 0 amide bonds. The van der Waals surface area contributed by atoms with E-state index in [4.69, 9.17) is 4.42 Å². The molecule has 1 heterocycles. The van der Waals surface area contributed by atoms with Gasteiger partial charge in [-0.15, -0.1) is 0 Å². The van der Waals surface area contributed by atoms with Crippen LogP contribution in [0.4, 0.5) is 0 Å². The van der Waals surface area contributed by atoms with E-state index in [1.807, 2.05) is 60.7 Å². The van der Waals surface area contributed by atoms with Gasteiger partial charge in [-0.1, -0.05) is 140 Å². The molecule has 0 spiro atoms. The van der Waals surface area contributed by atoms with Gasteiger partial charge in [0, 0.05) is 38.2 Å². The van der Waals surface area contributed by atoms with Gasteiger partial charge in [-0.2, -0.15) is 0 Å². The van der Waals surface area contributed by atoms with Gasteiger partial charge < -0.3 is 14.6 Å². The van der Waals surface area contributed by atoms with Crippen LogP contribution >= 0.6 is 0 Å². The van der Waals surface area contributed by atoms with Crippen molar-refractivity contribution in [3.8, 4) is 56.0 Å². The van der Waals surface area contributed by atoms with Crippen molar-refractivity contribution in [2.45, 2.75) is 0 Å². The van der Waals surface area contributed by atoms with Gasteiger partial charge in [0.05, 0.1) is 0 Å². The normalized spacial score (nSPS) is 11.6. The second kappa shape index (κ2) is 10.6. The van der Waals surface area contributed by atoms with Crippen LogP contribution < -0.4 is 0 Å². The van der Waals surface area contributed by atoms with Gasteiger partial charge in [0.1, 0.15) is 22.7 Å². The first-order chi connectivity index (χ1) is 23.2. The van der Waals surface area contributed by atoms with Crippen LogP contribution in [0.25, 0.3) is 88.0 Å². The van der Waals surface area contributed by atoms with E-state index < -0.39 is 0 Å². The Morgan fingerprint density at radius 2 is 0.851 bits per heavy atom. The van der Waals surface area contributed by atoms with Gasteiger partial charge in [0.25, 0.3) is 0 Å². The number of rotatable bonds is 4. The summed E-state index contributed by atoms with van der Waals surface area (Å²) in [5.41, 5.74) is 9.63. The fourth-order valence-corrected chi connectivity index (χ4v) is 7.22. The molecule has 0 saturated carbocycles. The van der Waals surface area contributed by atoms with Crippen molar-refractivity contribution in [1.29, 1.82) is 0 Å². The van der Waals surface area contributed by atoms with Crippen LogP contribution in [0.15, 0.2) is 162 Å². The van der Waals surface area contributed by atoms with Gasteiger partial charge >= 0.3 is 0 Å². The van der Waals surface area contributed by atoms with Crippen molar-refractivity contribution < 1.29 is 14.6 Å². The predicted molar refractivity (Wildman–Crippen MR) is 194 cm³/mol. The Hall–Kier alpha value is -6.32. The summed E-state index contributed by atoms with van der Waals surface area (Å²) in [4.78, 5) is 0. The number of benzene rings is 8. The Kier molecular flexibility index (Phi) is 6.12. The van der Waals surface area contributed by atoms with Crippen LogP contribution in [0.5, 0.6) is 11.5 Å². The van der Waals surface area contributed by atoms with Gasteiger partial charge in [0.15, 0.2) is 0 Å². The highest BCUT2D eigenvalue weighted by Gasteiger charge is 2.24. The molecule has 0 unspecified atom stereocenters. The summed E-state index contributed by atoms with van der Waals surface area (Å²) in [5, 5.41) is 28.2. The zero-order valence-electron chi connectivity index (χ0n) is 25.3. The van der Waals surface area contributed by atoms with E-state index in [9.17, 15) is 10.2 Å². The Balaban J connectivity index is 1.34. The van der Waals surface area contributed by atoms with Crippen molar-refractivity contribution >= 4 is 43.5 Å². The van der Waals surface area contributed by atoms with E-state index in [0.29, 0.717) is 10.8 Å². The third-order valence-electron chi connectivity index (χ3n) is 9.28. The number of hydrogen-bond donors (Lipinski definition) is 2. The van der Waals surface area contributed by atoms with Gasteiger partial charge in [-0.25, -0.2) is 0 Å². The first-order valence-corrected chi connectivity index (χ1v) is 15.7. The average Bonchev–Trinajstić information content (AvgIpc) is 3.52. The molecule has 0 saturated heterocycles. The molecular weight excluding hydrogens is 576 g/mol. The third kappa shape index (κ3) is 4.21. The van der Waals surface area contributed by atoms with Gasteiger partial charge in [-0.3, -0.25) is 0 Å². The van der Waals surface area contributed by atoms with Gasteiger partial charge in [-0.05, 0) is 56.8 Å². The zero-order valence-corrected chi connectivity index (χ0v) is 25.3. The second-order valence-corrected chi connectivity index (χ2v) is 11.9. The van der Waals surface area contributed by atoms with Crippen molar-refractivity contribution in [3.05, 3.63) is 158 Å². The van der Waals surface area contributed by atoms with Crippen molar-refractivity contribution in [3.63, 3.8) is 0 Å². The molecule has 3 nitrogen and oxygen atoms in total. The largest absolute Gasteiger partial charge is 0.507 e. The Labute approximate surface area is 271 Å². The molecule has 2 N–H and O–H groups in total. The summed E-state index contributed by atoms with van der Waals surface area (Å²) >= 11 is 0. The molecule has 9 rings (SSSR count). The van der Waals surface area contributed by atoms with E-state index >= 15 is 0 Å². The lowest BCUT2D eigenvalue weighted by molar-refractivity contribution is 0.470. The summed E-state index contributed by atoms with van der Waals surface area (Å²) in [5.74, 6) is 0.230. The number of aromatic hydroxyl groups is 2. The first kappa shape index (κ1) is 27.0. The molecule has 1 aromatic heterocycles. The highest BCUT2D eigenvalue weighted by molar-refractivity contribution is 6.28. The molecule has 3 heteroatoms. The van der Waals surface area contributed by atoms with Crippen molar-refractivity contribution in [2.75, 3.05) is 0 Å². The minimum absolute atomic E-state index is 0.111. The summed E-state index contributed by atoms with van der Waals surface area (Å²) in [7, 11) is 0. The van der Waals surface area contributed by atoms with E-state index in [-0.39, 0.29) is 11.5 Å². The van der Waals surface area contributed by atoms with Crippen LogP contribution in [0.1, 0.15) is 0 Å². The Morgan fingerprint density at radius 3 is 1.55 bits per heavy atom. The average molecular weight is 605 g/mol. The number of phenolic OH excluding ortho intramolecular Hbond substituents is 2. The highest BCUT2D eigenvalue weighted by atomic mass is 16.3. The maximum Gasteiger partial charge on any atom is 0.143 e. The summed E-state index contributed by atoms with van der Waals surface area (Å²) < 4.78 is 6.67. The quantitative estimate of drug-likeness (QED) is 0.155. The molecule has 0 aliphatic carbocycles. The Morgan fingerprint density at radius 1 is 0.340 bits per heavy atom. The fraction of sp³-hybridized carbons (Fsp3) is 0. The highest BCUT2D eigenvalue weighted by Crippen LogP contribution is 2.51. The molecule has 0 radical (unpaired) electrons. The minimum Gasteiger partial charge on any atom is -0.507 e. The van der Waals surface area contributed by atoms with E-state index in [0.717, 1.165) is 71.7 Å². The first-order valence-electron chi connectivity index (χ1n) is 15.7. The van der Waals surface area contributed by atoms with E-state index in [1.54, 1.807) is 12.1 Å². The summed E-state index contributed by atoms with van der Waals surface area (Å²) in [6.07, 6.45) is 0. The van der Waals surface area contributed by atoms with Crippen LogP contribution in [-0.4, -0.2) is 10.2 Å². The smallest absolute Gasteiger partial charge is 0.143 e. The molecule has 222 valence electrons. The van der Waals surface area contributed by atoms with Crippen molar-refractivity contribution in [2.24, 2.45) is 0 Å². The third-order valence-corrected chi connectivity index (χ3v) is 9.28. The number of phenols is 2. The van der Waals surface area contributed by atoms with E-state index in [1.165, 1.54) is 5.56 Å². The molecule has 8 aromatic carbocycles. The number of para-hydroxylation sites is 1. The molecular formula is C44H28O3. The molecule has 0 aliphatic rings. The SMILES string of the molecule is Oc1ccc(O)c2c(-c3cccc4oc5c(-c6ccc(-c7ccccc7)cc6)cccc5c34)c3ccccc3c(-c3ccccc3)c12. The molecule has 0 aliphatic heterocycles. The molecule has 0 bridgehead atoms.